The number of hydrogen-bond acceptors (Lipinski definition) is 2. The van der Waals surface area contributed by atoms with E-state index in [-0.39, 0.29) is 12.0 Å². The highest BCUT2D eigenvalue weighted by atomic mass is 16.2. The maximum absolute atomic E-state index is 12.4. The summed E-state index contributed by atoms with van der Waals surface area (Å²) in [6.07, 6.45) is 4.29. The van der Waals surface area contributed by atoms with Crippen molar-refractivity contribution in [3.63, 3.8) is 0 Å². The molecule has 1 atom stereocenters. The second-order valence-electron chi connectivity index (χ2n) is 5.36. The molecule has 1 aromatic carbocycles. The second kappa shape index (κ2) is 4.73. The Kier molecular flexibility index (Phi) is 3.08. The standard InChI is InChI=1S/C15H20N2O/c16-10-14-13-7-2-1-4-11(13)8-9-17(14)15(18)12-5-3-6-12/h1-2,4,7,12,14H,3,5-6,8-10,16H2. The molecule has 0 bridgehead atoms. The fourth-order valence-electron chi connectivity index (χ4n) is 3.06. The molecule has 2 N–H and O–H groups in total. The van der Waals surface area contributed by atoms with Gasteiger partial charge in [-0.1, -0.05) is 30.7 Å². The van der Waals surface area contributed by atoms with Crippen molar-refractivity contribution in [2.24, 2.45) is 11.7 Å². The Balaban J connectivity index is 1.87. The summed E-state index contributed by atoms with van der Waals surface area (Å²) in [6, 6.07) is 8.47. The molecule has 3 heteroatoms. The van der Waals surface area contributed by atoms with Crippen LogP contribution >= 0.6 is 0 Å². The highest BCUT2D eigenvalue weighted by molar-refractivity contribution is 5.80. The van der Waals surface area contributed by atoms with Gasteiger partial charge in [0, 0.05) is 19.0 Å². The van der Waals surface area contributed by atoms with Crippen molar-refractivity contribution in [2.75, 3.05) is 13.1 Å². The average molecular weight is 244 g/mol. The van der Waals surface area contributed by atoms with Crippen LogP contribution in [0.5, 0.6) is 0 Å². The summed E-state index contributed by atoms with van der Waals surface area (Å²) < 4.78 is 0. The van der Waals surface area contributed by atoms with Crippen LogP contribution in [0.25, 0.3) is 0 Å². The van der Waals surface area contributed by atoms with E-state index in [1.54, 1.807) is 0 Å². The predicted molar refractivity (Wildman–Crippen MR) is 71.0 cm³/mol. The molecule has 1 aromatic rings. The van der Waals surface area contributed by atoms with Gasteiger partial charge in [0.15, 0.2) is 0 Å². The number of fused-ring (bicyclic) bond motifs is 1. The first kappa shape index (κ1) is 11.7. The number of benzene rings is 1. The molecule has 1 aliphatic heterocycles. The van der Waals surface area contributed by atoms with Crippen molar-refractivity contribution < 1.29 is 4.79 Å². The smallest absolute Gasteiger partial charge is 0.226 e. The molecule has 18 heavy (non-hydrogen) atoms. The minimum Gasteiger partial charge on any atom is -0.334 e. The van der Waals surface area contributed by atoms with Crippen LogP contribution in [-0.4, -0.2) is 23.9 Å². The van der Waals surface area contributed by atoms with E-state index in [2.05, 4.69) is 18.2 Å². The molecular formula is C15H20N2O. The summed E-state index contributed by atoms with van der Waals surface area (Å²) in [7, 11) is 0. The molecule has 1 saturated carbocycles. The molecule has 1 heterocycles. The molecule has 3 nitrogen and oxygen atoms in total. The maximum atomic E-state index is 12.4. The first-order valence-electron chi connectivity index (χ1n) is 6.89. The lowest BCUT2D eigenvalue weighted by Crippen LogP contribution is -2.47. The molecule has 1 amide bonds. The van der Waals surface area contributed by atoms with Gasteiger partial charge in [0.1, 0.15) is 0 Å². The van der Waals surface area contributed by atoms with Crippen molar-refractivity contribution in [3.8, 4) is 0 Å². The number of carbonyl (C=O) groups is 1. The molecule has 2 aliphatic rings. The van der Waals surface area contributed by atoms with Crippen LogP contribution in [0.15, 0.2) is 24.3 Å². The summed E-state index contributed by atoms with van der Waals surface area (Å²) in [5.41, 5.74) is 8.51. The van der Waals surface area contributed by atoms with E-state index in [1.807, 2.05) is 11.0 Å². The summed E-state index contributed by atoms with van der Waals surface area (Å²) in [5.74, 6) is 0.593. The quantitative estimate of drug-likeness (QED) is 0.863. The molecule has 96 valence electrons. The summed E-state index contributed by atoms with van der Waals surface area (Å²) in [6.45, 7) is 1.35. The number of nitrogens with two attached hydrogens (primary N) is 1. The van der Waals surface area contributed by atoms with Gasteiger partial charge in [0.05, 0.1) is 6.04 Å². The number of amides is 1. The Morgan fingerprint density at radius 1 is 1.33 bits per heavy atom. The lowest BCUT2D eigenvalue weighted by atomic mass is 9.82. The van der Waals surface area contributed by atoms with Crippen LogP contribution < -0.4 is 5.73 Å². The van der Waals surface area contributed by atoms with E-state index in [0.717, 1.165) is 25.8 Å². The van der Waals surface area contributed by atoms with Crippen molar-refractivity contribution in [1.82, 2.24) is 4.90 Å². The van der Waals surface area contributed by atoms with E-state index in [9.17, 15) is 4.79 Å². The highest BCUT2D eigenvalue weighted by Gasteiger charge is 2.35. The number of hydrogen-bond donors (Lipinski definition) is 1. The zero-order valence-electron chi connectivity index (χ0n) is 10.6. The monoisotopic (exact) mass is 244 g/mol. The molecule has 3 rings (SSSR count). The molecule has 0 saturated heterocycles. The van der Waals surface area contributed by atoms with Gasteiger partial charge in [-0.25, -0.2) is 0 Å². The van der Waals surface area contributed by atoms with Crippen LogP contribution in [0.4, 0.5) is 0 Å². The molecule has 1 unspecified atom stereocenters. The zero-order chi connectivity index (χ0) is 12.5. The van der Waals surface area contributed by atoms with E-state index >= 15 is 0 Å². The Morgan fingerprint density at radius 2 is 2.11 bits per heavy atom. The number of carbonyl (C=O) groups excluding carboxylic acids is 1. The predicted octanol–water partition coefficient (Wildman–Crippen LogP) is 1.87. The average Bonchev–Trinajstić information content (AvgIpc) is 2.35. The third-order valence-electron chi connectivity index (χ3n) is 4.37. The lowest BCUT2D eigenvalue weighted by molar-refractivity contribution is -0.141. The van der Waals surface area contributed by atoms with Crippen LogP contribution in [0.1, 0.15) is 36.4 Å². The minimum atomic E-state index is 0.0862. The lowest BCUT2D eigenvalue weighted by Gasteiger charge is -2.40. The van der Waals surface area contributed by atoms with E-state index in [0.29, 0.717) is 12.5 Å². The van der Waals surface area contributed by atoms with Gasteiger partial charge in [0.25, 0.3) is 0 Å². The van der Waals surface area contributed by atoms with Crippen molar-refractivity contribution in [1.29, 1.82) is 0 Å². The van der Waals surface area contributed by atoms with Gasteiger partial charge in [-0.05, 0) is 30.4 Å². The van der Waals surface area contributed by atoms with Crippen LogP contribution in [0, 0.1) is 5.92 Å². The fourth-order valence-corrected chi connectivity index (χ4v) is 3.06. The van der Waals surface area contributed by atoms with Crippen LogP contribution in [0.2, 0.25) is 0 Å². The Hall–Kier alpha value is -1.35. The first-order chi connectivity index (χ1) is 8.81. The van der Waals surface area contributed by atoms with Gasteiger partial charge in [-0.15, -0.1) is 0 Å². The van der Waals surface area contributed by atoms with Crippen LogP contribution in [0.3, 0.4) is 0 Å². The van der Waals surface area contributed by atoms with E-state index in [1.165, 1.54) is 17.5 Å². The zero-order valence-corrected chi connectivity index (χ0v) is 10.6. The Labute approximate surface area is 108 Å². The SMILES string of the molecule is NCC1c2ccccc2CCN1C(=O)C1CCC1. The second-order valence-corrected chi connectivity index (χ2v) is 5.36. The van der Waals surface area contributed by atoms with Gasteiger partial charge < -0.3 is 10.6 Å². The van der Waals surface area contributed by atoms with Crippen molar-refractivity contribution in [2.45, 2.75) is 31.7 Å². The van der Waals surface area contributed by atoms with Gasteiger partial charge in [-0.2, -0.15) is 0 Å². The molecule has 0 aromatic heterocycles. The van der Waals surface area contributed by atoms with E-state index < -0.39 is 0 Å². The summed E-state index contributed by atoms with van der Waals surface area (Å²) in [5, 5.41) is 0. The first-order valence-corrected chi connectivity index (χ1v) is 6.89. The highest BCUT2D eigenvalue weighted by Crippen LogP contribution is 2.34. The molecule has 1 aliphatic carbocycles. The van der Waals surface area contributed by atoms with Crippen LogP contribution in [-0.2, 0) is 11.2 Å². The molecule has 1 fully saturated rings. The van der Waals surface area contributed by atoms with Gasteiger partial charge in [0.2, 0.25) is 5.91 Å². The molecular weight excluding hydrogens is 224 g/mol. The minimum absolute atomic E-state index is 0.0862. The molecule has 0 radical (unpaired) electrons. The summed E-state index contributed by atoms with van der Waals surface area (Å²) >= 11 is 0. The number of nitrogens with zero attached hydrogens (tertiary/aromatic N) is 1. The summed E-state index contributed by atoms with van der Waals surface area (Å²) in [4.78, 5) is 14.4. The maximum Gasteiger partial charge on any atom is 0.226 e. The topological polar surface area (TPSA) is 46.3 Å². The van der Waals surface area contributed by atoms with Crippen molar-refractivity contribution in [3.05, 3.63) is 35.4 Å². The third-order valence-corrected chi connectivity index (χ3v) is 4.37. The Morgan fingerprint density at radius 3 is 2.78 bits per heavy atom. The van der Waals surface area contributed by atoms with Crippen molar-refractivity contribution >= 4 is 5.91 Å². The normalized spacial score (nSPS) is 23.4. The largest absolute Gasteiger partial charge is 0.334 e. The number of rotatable bonds is 2. The van der Waals surface area contributed by atoms with Gasteiger partial charge >= 0.3 is 0 Å². The Bertz CT molecular complexity index is 454. The van der Waals surface area contributed by atoms with Gasteiger partial charge in [-0.3, -0.25) is 4.79 Å². The fraction of sp³-hybridized carbons (Fsp3) is 0.533. The third kappa shape index (κ3) is 1.83. The van der Waals surface area contributed by atoms with E-state index in [4.69, 9.17) is 5.73 Å². The molecule has 0 spiro atoms.